The van der Waals surface area contributed by atoms with E-state index in [0.29, 0.717) is 0 Å². The van der Waals surface area contributed by atoms with Gasteiger partial charge in [0.05, 0.1) is 0 Å². The maximum Gasteiger partial charge on any atom is -0.0295 e. The quantitative estimate of drug-likeness (QED) is 0.522. The van der Waals surface area contributed by atoms with Gasteiger partial charge in [-0.25, -0.2) is 0 Å². The molecule has 0 heteroatoms. The second kappa shape index (κ2) is 9.69. The monoisotopic (exact) mass is 222 g/mol. The van der Waals surface area contributed by atoms with E-state index < -0.39 is 0 Å². The van der Waals surface area contributed by atoms with Crippen LogP contribution in [0.3, 0.4) is 0 Å². The van der Waals surface area contributed by atoms with Crippen molar-refractivity contribution in [1.29, 1.82) is 0 Å². The van der Waals surface area contributed by atoms with Crippen molar-refractivity contribution in [2.24, 2.45) is 5.92 Å². The Balaban J connectivity index is 0.000000385. The van der Waals surface area contributed by atoms with E-state index in [9.17, 15) is 0 Å². The van der Waals surface area contributed by atoms with Crippen LogP contribution in [-0.4, -0.2) is 0 Å². The highest BCUT2D eigenvalue weighted by atomic mass is 14.2. The summed E-state index contributed by atoms with van der Waals surface area (Å²) in [6.45, 7) is 12.2. The van der Waals surface area contributed by atoms with E-state index in [4.69, 9.17) is 0 Å². The molecule has 0 atom stereocenters. The fourth-order valence-corrected chi connectivity index (χ4v) is 1.96. The van der Waals surface area contributed by atoms with E-state index in [0.717, 1.165) is 12.3 Å². The summed E-state index contributed by atoms with van der Waals surface area (Å²) in [7, 11) is 0. The Morgan fingerprint density at radius 3 is 2.06 bits per heavy atom. The molecular weight excluding hydrogens is 192 g/mol. The molecule has 94 valence electrons. The maximum absolute atomic E-state index is 3.67. The summed E-state index contributed by atoms with van der Waals surface area (Å²) < 4.78 is 0. The van der Waals surface area contributed by atoms with E-state index in [1.165, 1.54) is 44.1 Å². The van der Waals surface area contributed by atoms with Crippen molar-refractivity contribution >= 4 is 0 Å². The van der Waals surface area contributed by atoms with Crippen LogP contribution in [0.5, 0.6) is 0 Å². The molecule has 0 amide bonds. The molecule has 1 fully saturated rings. The van der Waals surface area contributed by atoms with Gasteiger partial charge in [-0.05, 0) is 39.5 Å². The van der Waals surface area contributed by atoms with Crippen molar-refractivity contribution in [1.82, 2.24) is 0 Å². The molecule has 0 aromatic rings. The van der Waals surface area contributed by atoms with E-state index in [1.807, 2.05) is 6.92 Å². The minimum Gasteiger partial charge on any atom is -0.100 e. The number of allylic oxidation sites excluding steroid dienone is 3. The molecule has 0 aromatic carbocycles. The average molecular weight is 222 g/mol. The number of hydrogen-bond acceptors (Lipinski definition) is 0. The zero-order valence-electron chi connectivity index (χ0n) is 11.8. The summed E-state index contributed by atoms with van der Waals surface area (Å²) in [4.78, 5) is 0. The van der Waals surface area contributed by atoms with Gasteiger partial charge in [-0.15, -0.1) is 6.58 Å². The second-order valence-electron chi connectivity index (χ2n) is 5.15. The third kappa shape index (κ3) is 8.76. The van der Waals surface area contributed by atoms with Gasteiger partial charge in [-0.2, -0.15) is 0 Å². The molecular formula is C16H30. The Morgan fingerprint density at radius 2 is 1.69 bits per heavy atom. The highest BCUT2D eigenvalue weighted by Crippen LogP contribution is 2.28. The van der Waals surface area contributed by atoms with Crippen molar-refractivity contribution in [2.45, 2.75) is 72.6 Å². The Bertz CT molecular complexity index is 204. The SMILES string of the molecule is C/C=C(\C)CC1CCCCC1.C=C(C)CC. The topological polar surface area (TPSA) is 0 Å². The summed E-state index contributed by atoms with van der Waals surface area (Å²) in [5.41, 5.74) is 2.84. The van der Waals surface area contributed by atoms with Crippen LogP contribution in [0.25, 0.3) is 0 Å². The molecule has 0 N–H and O–H groups in total. The van der Waals surface area contributed by atoms with Crippen molar-refractivity contribution in [3.63, 3.8) is 0 Å². The van der Waals surface area contributed by atoms with E-state index in [-0.39, 0.29) is 0 Å². The van der Waals surface area contributed by atoms with Crippen molar-refractivity contribution < 1.29 is 0 Å². The zero-order valence-corrected chi connectivity index (χ0v) is 11.8. The summed E-state index contributed by atoms with van der Waals surface area (Å²) in [5.74, 6) is 1.01. The summed E-state index contributed by atoms with van der Waals surface area (Å²) in [6, 6.07) is 0. The first kappa shape index (κ1) is 15.5. The van der Waals surface area contributed by atoms with Gasteiger partial charge in [-0.1, -0.05) is 56.3 Å². The van der Waals surface area contributed by atoms with E-state index >= 15 is 0 Å². The molecule has 1 rings (SSSR count). The standard InChI is InChI=1S/C11H20.C5H10/c1-3-10(2)9-11-7-5-4-6-8-11;1-4-5(2)3/h3,11H,4-9H2,1-2H3;2,4H2,1,3H3/b10-3+;. The summed E-state index contributed by atoms with van der Waals surface area (Å²) in [5, 5.41) is 0. The van der Waals surface area contributed by atoms with Crippen LogP contribution in [0.15, 0.2) is 23.8 Å². The predicted octanol–water partition coefficient (Wildman–Crippen LogP) is 5.90. The lowest BCUT2D eigenvalue weighted by Crippen LogP contribution is -2.06. The molecule has 1 aliphatic carbocycles. The Kier molecular flexibility index (Phi) is 9.37. The lowest BCUT2D eigenvalue weighted by Gasteiger charge is -2.21. The van der Waals surface area contributed by atoms with Gasteiger partial charge in [0, 0.05) is 0 Å². The van der Waals surface area contributed by atoms with Crippen molar-refractivity contribution in [3.05, 3.63) is 23.8 Å². The van der Waals surface area contributed by atoms with Gasteiger partial charge in [0.2, 0.25) is 0 Å². The van der Waals surface area contributed by atoms with E-state index in [2.05, 4.69) is 33.4 Å². The van der Waals surface area contributed by atoms with Crippen LogP contribution < -0.4 is 0 Å². The molecule has 0 nitrogen and oxygen atoms in total. The fraction of sp³-hybridized carbons (Fsp3) is 0.750. The second-order valence-corrected chi connectivity index (χ2v) is 5.15. The molecule has 16 heavy (non-hydrogen) atoms. The fourth-order valence-electron chi connectivity index (χ4n) is 1.96. The van der Waals surface area contributed by atoms with Crippen LogP contribution >= 0.6 is 0 Å². The van der Waals surface area contributed by atoms with Crippen molar-refractivity contribution in [2.75, 3.05) is 0 Å². The van der Waals surface area contributed by atoms with Crippen molar-refractivity contribution in [3.8, 4) is 0 Å². The lowest BCUT2D eigenvalue weighted by molar-refractivity contribution is 0.356. The third-order valence-corrected chi connectivity index (χ3v) is 3.43. The van der Waals surface area contributed by atoms with Crippen LogP contribution in [0.2, 0.25) is 0 Å². The Hall–Kier alpha value is -0.520. The Labute approximate surface area is 103 Å². The largest absolute Gasteiger partial charge is 0.100 e. The highest BCUT2D eigenvalue weighted by molar-refractivity contribution is 4.97. The number of hydrogen-bond donors (Lipinski definition) is 0. The zero-order chi connectivity index (χ0) is 12.4. The minimum atomic E-state index is 1.01. The summed E-state index contributed by atoms with van der Waals surface area (Å²) >= 11 is 0. The minimum absolute atomic E-state index is 1.01. The first-order valence-corrected chi connectivity index (χ1v) is 6.86. The molecule has 0 aromatic heterocycles. The molecule has 0 spiro atoms. The lowest BCUT2D eigenvalue weighted by atomic mass is 9.85. The first-order valence-electron chi connectivity index (χ1n) is 6.86. The van der Waals surface area contributed by atoms with Gasteiger partial charge < -0.3 is 0 Å². The molecule has 1 saturated carbocycles. The van der Waals surface area contributed by atoms with Gasteiger partial charge >= 0.3 is 0 Å². The van der Waals surface area contributed by atoms with E-state index in [1.54, 1.807) is 5.57 Å². The molecule has 0 radical (unpaired) electrons. The normalized spacial score (nSPS) is 17.6. The molecule has 0 aliphatic heterocycles. The smallest absolute Gasteiger partial charge is 0.0295 e. The van der Waals surface area contributed by atoms with Gasteiger partial charge in [0.15, 0.2) is 0 Å². The van der Waals surface area contributed by atoms with Crippen LogP contribution in [-0.2, 0) is 0 Å². The third-order valence-electron chi connectivity index (χ3n) is 3.43. The van der Waals surface area contributed by atoms with Gasteiger partial charge in [-0.3, -0.25) is 0 Å². The van der Waals surface area contributed by atoms with Gasteiger partial charge in [0.1, 0.15) is 0 Å². The maximum atomic E-state index is 3.67. The molecule has 0 unspecified atom stereocenters. The Morgan fingerprint density at radius 1 is 1.19 bits per heavy atom. The number of rotatable bonds is 3. The molecule has 0 heterocycles. The van der Waals surface area contributed by atoms with Crippen LogP contribution in [0, 0.1) is 5.92 Å². The summed E-state index contributed by atoms with van der Waals surface area (Å²) in [6.07, 6.45) is 12.1. The highest BCUT2D eigenvalue weighted by Gasteiger charge is 2.12. The first-order chi connectivity index (χ1) is 7.60. The molecule has 1 aliphatic rings. The van der Waals surface area contributed by atoms with Crippen LogP contribution in [0.1, 0.15) is 72.6 Å². The predicted molar refractivity (Wildman–Crippen MR) is 75.7 cm³/mol. The molecule has 0 saturated heterocycles. The van der Waals surface area contributed by atoms with Crippen LogP contribution in [0.4, 0.5) is 0 Å². The average Bonchev–Trinajstić information content (AvgIpc) is 2.31. The van der Waals surface area contributed by atoms with Gasteiger partial charge in [0.25, 0.3) is 0 Å². The molecule has 0 bridgehead atoms.